The minimum absolute atomic E-state index is 0.0424. The molecule has 0 bridgehead atoms. The number of halogens is 1. The molecule has 0 radical (unpaired) electrons. The Morgan fingerprint density at radius 2 is 2.13 bits per heavy atom. The van der Waals surface area contributed by atoms with Gasteiger partial charge in [0.05, 0.1) is 11.6 Å². The zero-order chi connectivity index (χ0) is 17.0. The van der Waals surface area contributed by atoms with Gasteiger partial charge in [0.25, 0.3) is 5.91 Å². The van der Waals surface area contributed by atoms with E-state index in [0.717, 1.165) is 0 Å². The number of para-hydroxylation sites is 1. The lowest BCUT2D eigenvalue weighted by Crippen LogP contribution is -2.37. The van der Waals surface area contributed by atoms with E-state index in [-0.39, 0.29) is 24.6 Å². The minimum Gasteiger partial charge on any atom is -0.452 e. The van der Waals surface area contributed by atoms with Crippen molar-refractivity contribution < 1.29 is 23.5 Å². The van der Waals surface area contributed by atoms with E-state index in [1.807, 2.05) is 0 Å². The second-order valence-electron chi connectivity index (χ2n) is 5.33. The van der Waals surface area contributed by atoms with Gasteiger partial charge in [-0.05, 0) is 26.0 Å². The van der Waals surface area contributed by atoms with Crippen LogP contribution in [0.2, 0.25) is 0 Å². The van der Waals surface area contributed by atoms with Crippen molar-refractivity contribution in [2.45, 2.75) is 26.4 Å². The van der Waals surface area contributed by atoms with Crippen molar-refractivity contribution in [2.75, 3.05) is 18.0 Å². The summed E-state index contributed by atoms with van der Waals surface area (Å²) in [6.45, 7) is 3.70. The van der Waals surface area contributed by atoms with E-state index >= 15 is 0 Å². The fourth-order valence-corrected chi connectivity index (χ4v) is 2.41. The Balaban J connectivity index is 2.01. The molecule has 1 heterocycles. The van der Waals surface area contributed by atoms with Gasteiger partial charge in [0.1, 0.15) is 5.82 Å². The Kier molecular flexibility index (Phi) is 5.31. The Morgan fingerprint density at radius 1 is 1.43 bits per heavy atom. The first-order valence-electron chi connectivity index (χ1n) is 7.47. The average molecular weight is 322 g/mol. The molecule has 7 heteroatoms. The van der Waals surface area contributed by atoms with Crippen LogP contribution in [0.15, 0.2) is 24.3 Å². The molecule has 1 aliphatic rings. The van der Waals surface area contributed by atoms with Gasteiger partial charge in [-0.1, -0.05) is 12.1 Å². The van der Waals surface area contributed by atoms with Crippen molar-refractivity contribution in [1.82, 2.24) is 5.32 Å². The number of hydrogen-bond acceptors (Lipinski definition) is 4. The molecule has 23 heavy (non-hydrogen) atoms. The summed E-state index contributed by atoms with van der Waals surface area (Å²) in [5, 5.41) is 2.55. The van der Waals surface area contributed by atoms with Gasteiger partial charge in [-0.2, -0.15) is 0 Å². The van der Waals surface area contributed by atoms with Crippen LogP contribution < -0.4 is 10.2 Å². The summed E-state index contributed by atoms with van der Waals surface area (Å²) in [5.74, 6) is -2.60. The number of esters is 1. The highest BCUT2D eigenvalue weighted by Crippen LogP contribution is 2.28. The number of hydrogen-bond donors (Lipinski definition) is 1. The highest BCUT2D eigenvalue weighted by molar-refractivity contribution is 5.99. The zero-order valence-electron chi connectivity index (χ0n) is 13.0. The number of rotatable bonds is 5. The first-order chi connectivity index (χ1) is 10.9. The second-order valence-corrected chi connectivity index (χ2v) is 5.33. The maximum absolute atomic E-state index is 13.8. The molecule has 1 N–H and O–H groups in total. The van der Waals surface area contributed by atoms with Gasteiger partial charge in [-0.3, -0.25) is 14.4 Å². The predicted octanol–water partition coefficient (Wildman–Crippen LogP) is 1.25. The standard InChI is InChI=1S/C16H19FN2O4/c1-3-18-15(21)10(2)23-16(22)11-8-14(20)19(9-11)13-7-5-4-6-12(13)17/h4-7,10-11H,3,8-9H2,1-2H3,(H,18,21)/t10-,11-/m0/s1. The molecule has 1 fully saturated rings. The molecule has 0 saturated carbocycles. The fraction of sp³-hybridized carbons (Fsp3) is 0.438. The van der Waals surface area contributed by atoms with E-state index in [1.165, 1.54) is 30.0 Å². The molecule has 1 saturated heterocycles. The number of benzene rings is 1. The lowest BCUT2D eigenvalue weighted by atomic mass is 10.1. The van der Waals surface area contributed by atoms with E-state index in [0.29, 0.717) is 6.54 Å². The molecule has 0 unspecified atom stereocenters. The van der Waals surface area contributed by atoms with E-state index in [4.69, 9.17) is 4.74 Å². The first kappa shape index (κ1) is 16.9. The third-order valence-corrected chi connectivity index (χ3v) is 3.61. The number of carbonyl (C=O) groups is 3. The Labute approximate surface area is 133 Å². The van der Waals surface area contributed by atoms with Crippen LogP contribution in [0.5, 0.6) is 0 Å². The maximum atomic E-state index is 13.8. The van der Waals surface area contributed by atoms with Gasteiger partial charge in [0.2, 0.25) is 5.91 Å². The van der Waals surface area contributed by atoms with E-state index < -0.39 is 29.7 Å². The van der Waals surface area contributed by atoms with Crippen molar-refractivity contribution in [3.05, 3.63) is 30.1 Å². The number of anilines is 1. The molecule has 0 aliphatic carbocycles. The molecule has 1 aromatic rings. The molecule has 1 aliphatic heterocycles. The molecular formula is C16H19FN2O4. The highest BCUT2D eigenvalue weighted by atomic mass is 19.1. The summed E-state index contributed by atoms with van der Waals surface area (Å²) in [7, 11) is 0. The quantitative estimate of drug-likeness (QED) is 0.828. The Bertz CT molecular complexity index is 620. The summed E-state index contributed by atoms with van der Waals surface area (Å²) in [5.41, 5.74) is 0.143. The smallest absolute Gasteiger partial charge is 0.312 e. The number of nitrogens with zero attached hydrogens (tertiary/aromatic N) is 1. The van der Waals surface area contributed by atoms with Gasteiger partial charge in [-0.25, -0.2) is 4.39 Å². The number of likely N-dealkylation sites (N-methyl/N-ethyl adjacent to an activating group) is 1. The zero-order valence-corrected chi connectivity index (χ0v) is 13.0. The van der Waals surface area contributed by atoms with Crippen LogP contribution >= 0.6 is 0 Å². The fourth-order valence-electron chi connectivity index (χ4n) is 2.41. The number of carbonyl (C=O) groups excluding carboxylic acids is 3. The van der Waals surface area contributed by atoms with Crippen molar-refractivity contribution in [1.29, 1.82) is 0 Å². The SMILES string of the molecule is CCNC(=O)[C@H](C)OC(=O)[C@H]1CC(=O)N(c2ccccc2F)C1. The maximum Gasteiger partial charge on any atom is 0.312 e. The first-order valence-corrected chi connectivity index (χ1v) is 7.47. The van der Waals surface area contributed by atoms with Crippen LogP contribution in [0, 0.1) is 11.7 Å². The van der Waals surface area contributed by atoms with Gasteiger partial charge in [-0.15, -0.1) is 0 Å². The van der Waals surface area contributed by atoms with Gasteiger partial charge < -0.3 is 15.0 Å². The molecule has 2 atom stereocenters. The number of nitrogens with one attached hydrogen (secondary N) is 1. The monoisotopic (exact) mass is 322 g/mol. The summed E-state index contributed by atoms with van der Waals surface area (Å²) in [4.78, 5) is 36.9. The second kappa shape index (κ2) is 7.21. The number of amides is 2. The topological polar surface area (TPSA) is 75.7 Å². The van der Waals surface area contributed by atoms with Gasteiger partial charge in [0, 0.05) is 19.5 Å². The van der Waals surface area contributed by atoms with E-state index in [9.17, 15) is 18.8 Å². The normalized spacial score (nSPS) is 18.7. The Morgan fingerprint density at radius 3 is 2.78 bits per heavy atom. The lowest BCUT2D eigenvalue weighted by Gasteiger charge is -2.18. The summed E-state index contributed by atoms with van der Waals surface area (Å²) < 4.78 is 18.9. The molecule has 124 valence electrons. The third kappa shape index (κ3) is 3.85. The summed E-state index contributed by atoms with van der Waals surface area (Å²) in [6.07, 6.45) is -0.991. The van der Waals surface area contributed by atoms with Crippen LogP contribution in [-0.4, -0.2) is 37.0 Å². The lowest BCUT2D eigenvalue weighted by molar-refractivity contribution is -0.158. The molecule has 1 aromatic carbocycles. The molecule has 0 spiro atoms. The summed E-state index contributed by atoms with van der Waals surface area (Å²) >= 11 is 0. The average Bonchev–Trinajstić information content (AvgIpc) is 2.90. The largest absolute Gasteiger partial charge is 0.452 e. The van der Waals surface area contributed by atoms with Gasteiger partial charge >= 0.3 is 5.97 Å². The Hall–Kier alpha value is -2.44. The van der Waals surface area contributed by atoms with Crippen molar-refractivity contribution in [2.24, 2.45) is 5.92 Å². The molecule has 2 amide bonds. The number of ether oxygens (including phenoxy) is 1. The van der Waals surface area contributed by atoms with Crippen LogP contribution in [0.4, 0.5) is 10.1 Å². The minimum atomic E-state index is -0.930. The van der Waals surface area contributed by atoms with Gasteiger partial charge in [0.15, 0.2) is 6.10 Å². The predicted molar refractivity (Wildman–Crippen MR) is 81.1 cm³/mol. The van der Waals surface area contributed by atoms with Crippen molar-refractivity contribution >= 4 is 23.5 Å². The molecule has 2 rings (SSSR count). The van der Waals surface area contributed by atoms with E-state index in [2.05, 4.69) is 5.32 Å². The van der Waals surface area contributed by atoms with Crippen LogP contribution in [0.1, 0.15) is 20.3 Å². The molecular weight excluding hydrogens is 303 g/mol. The van der Waals surface area contributed by atoms with Crippen LogP contribution in [0.3, 0.4) is 0 Å². The summed E-state index contributed by atoms with van der Waals surface area (Å²) in [6, 6.07) is 5.89. The highest BCUT2D eigenvalue weighted by Gasteiger charge is 2.38. The molecule has 0 aromatic heterocycles. The van der Waals surface area contributed by atoms with Crippen LogP contribution in [0.25, 0.3) is 0 Å². The molecule has 6 nitrogen and oxygen atoms in total. The van der Waals surface area contributed by atoms with Crippen molar-refractivity contribution in [3.8, 4) is 0 Å². The van der Waals surface area contributed by atoms with E-state index in [1.54, 1.807) is 13.0 Å². The van der Waals surface area contributed by atoms with Crippen LogP contribution in [-0.2, 0) is 19.1 Å². The third-order valence-electron chi connectivity index (χ3n) is 3.61. The van der Waals surface area contributed by atoms with Crippen molar-refractivity contribution in [3.63, 3.8) is 0 Å².